The van der Waals surface area contributed by atoms with Gasteiger partial charge in [-0.15, -0.1) is 0 Å². The minimum atomic E-state index is -0.992. The van der Waals surface area contributed by atoms with E-state index in [1.165, 1.54) is 16.8 Å². The highest BCUT2D eigenvalue weighted by atomic mass is 19.1. The molecule has 0 aliphatic carbocycles. The minimum Gasteiger partial charge on any atom is -0.503 e. The molecular weight excluding hydrogens is 424 g/mol. The highest BCUT2D eigenvalue weighted by Crippen LogP contribution is 2.35. The molecule has 2 aliphatic rings. The first-order valence-corrected chi connectivity index (χ1v) is 10.4. The van der Waals surface area contributed by atoms with Crippen molar-refractivity contribution in [1.29, 1.82) is 0 Å². The van der Waals surface area contributed by atoms with Crippen molar-refractivity contribution < 1.29 is 28.2 Å². The maximum absolute atomic E-state index is 13.8. The molecule has 0 radical (unpaired) electrons. The first-order chi connectivity index (χ1) is 15.3. The molecule has 1 aromatic carbocycles. The molecule has 2 aliphatic heterocycles. The quantitative estimate of drug-likeness (QED) is 0.744. The van der Waals surface area contributed by atoms with E-state index in [-0.39, 0.29) is 29.9 Å². The number of pyridine rings is 1. The fourth-order valence-electron chi connectivity index (χ4n) is 4.50. The van der Waals surface area contributed by atoms with Gasteiger partial charge in [-0.3, -0.25) is 14.4 Å². The summed E-state index contributed by atoms with van der Waals surface area (Å²) in [7, 11) is 0. The number of ether oxygens (including phenoxy) is 1. The molecule has 4 rings (SSSR count). The number of nitrogens with zero attached hydrogens (tertiary/aromatic N) is 2. The first kappa shape index (κ1) is 21.9. The van der Waals surface area contributed by atoms with Crippen molar-refractivity contribution >= 4 is 11.8 Å². The Bertz CT molecular complexity index is 1140. The average molecular weight is 447 g/mol. The topological polar surface area (TPSA) is 101 Å². The van der Waals surface area contributed by atoms with Gasteiger partial charge in [0, 0.05) is 44.1 Å². The predicted octanol–water partition coefficient (Wildman–Crippen LogP) is 1.79. The predicted molar refractivity (Wildman–Crippen MR) is 109 cm³/mol. The summed E-state index contributed by atoms with van der Waals surface area (Å²) in [5, 5.41) is 12.9. The van der Waals surface area contributed by atoms with Crippen LogP contribution in [-0.2, 0) is 17.8 Å². The van der Waals surface area contributed by atoms with Crippen molar-refractivity contribution in [2.24, 2.45) is 0 Å². The van der Waals surface area contributed by atoms with Gasteiger partial charge in [0.25, 0.3) is 11.8 Å². The summed E-state index contributed by atoms with van der Waals surface area (Å²) < 4.78 is 34.0. The Morgan fingerprint density at radius 2 is 2.09 bits per heavy atom. The van der Waals surface area contributed by atoms with Gasteiger partial charge in [-0.2, -0.15) is 0 Å². The summed E-state index contributed by atoms with van der Waals surface area (Å²) in [4.78, 5) is 40.1. The van der Waals surface area contributed by atoms with Gasteiger partial charge in [0.05, 0.1) is 12.1 Å². The Kier molecular flexibility index (Phi) is 5.72. The molecule has 1 aromatic heterocycles. The summed E-state index contributed by atoms with van der Waals surface area (Å²) >= 11 is 0. The Morgan fingerprint density at radius 1 is 1.31 bits per heavy atom. The van der Waals surface area contributed by atoms with E-state index in [0.29, 0.717) is 32.2 Å². The molecule has 0 bridgehead atoms. The molecule has 3 heterocycles. The van der Waals surface area contributed by atoms with Gasteiger partial charge in [0.2, 0.25) is 5.43 Å². The SMILES string of the molecule is CCN1C(=O)c2c(O)c(=O)c(C(=O)NCc3ccc(F)cc3F)cn2C[C@]12CCCOC2. The van der Waals surface area contributed by atoms with Crippen molar-refractivity contribution in [2.75, 3.05) is 19.8 Å². The van der Waals surface area contributed by atoms with Crippen molar-refractivity contribution in [3.05, 3.63) is 63.1 Å². The van der Waals surface area contributed by atoms with Crippen LogP contribution in [0.3, 0.4) is 0 Å². The molecule has 1 saturated heterocycles. The maximum Gasteiger partial charge on any atom is 0.275 e. The smallest absolute Gasteiger partial charge is 0.275 e. The minimum absolute atomic E-state index is 0.0362. The van der Waals surface area contributed by atoms with E-state index in [4.69, 9.17) is 4.74 Å². The number of nitrogens with one attached hydrogen (secondary N) is 1. The number of amides is 2. The third-order valence-corrected chi connectivity index (χ3v) is 6.06. The van der Waals surface area contributed by atoms with Gasteiger partial charge in [0.1, 0.15) is 17.2 Å². The van der Waals surface area contributed by atoms with E-state index < -0.39 is 40.2 Å². The van der Waals surface area contributed by atoms with Gasteiger partial charge < -0.3 is 24.6 Å². The average Bonchev–Trinajstić information content (AvgIpc) is 2.76. The van der Waals surface area contributed by atoms with E-state index >= 15 is 0 Å². The van der Waals surface area contributed by atoms with Crippen LogP contribution < -0.4 is 10.7 Å². The van der Waals surface area contributed by atoms with E-state index in [1.807, 2.05) is 6.92 Å². The molecular formula is C22H23F2N3O5. The lowest BCUT2D eigenvalue weighted by molar-refractivity contribution is -0.0526. The van der Waals surface area contributed by atoms with E-state index in [1.54, 1.807) is 4.90 Å². The van der Waals surface area contributed by atoms with E-state index in [9.17, 15) is 28.3 Å². The Balaban J connectivity index is 1.66. The zero-order chi connectivity index (χ0) is 23.0. The lowest BCUT2D eigenvalue weighted by Crippen LogP contribution is -2.62. The molecule has 2 aromatic rings. The summed E-state index contributed by atoms with van der Waals surface area (Å²) in [6.07, 6.45) is 2.68. The zero-order valence-corrected chi connectivity index (χ0v) is 17.5. The number of rotatable bonds is 4. The normalized spacial score (nSPS) is 20.3. The summed E-state index contributed by atoms with van der Waals surface area (Å²) in [5.74, 6) is -3.73. The number of benzene rings is 1. The molecule has 2 N–H and O–H groups in total. The summed E-state index contributed by atoms with van der Waals surface area (Å²) in [5.41, 5.74) is -2.14. The molecule has 1 fully saturated rings. The molecule has 8 nitrogen and oxygen atoms in total. The fourth-order valence-corrected chi connectivity index (χ4v) is 4.50. The Morgan fingerprint density at radius 3 is 2.75 bits per heavy atom. The van der Waals surface area contributed by atoms with Gasteiger partial charge in [-0.05, 0) is 25.8 Å². The number of aromatic nitrogens is 1. The number of carbonyl (C=O) groups is 2. The lowest BCUT2D eigenvalue weighted by Gasteiger charge is -2.49. The second kappa shape index (κ2) is 8.34. The molecule has 1 atom stereocenters. The largest absolute Gasteiger partial charge is 0.503 e. The van der Waals surface area contributed by atoms with Crippen LogP contribution in [0.1, 0.15) is 46.2 Å². The van der Waals surface area contributed by atoms with Crippen LogP contribution in [0.4, 0.5) is 8.78 Å². The van der Waals surface area contributed by atoms with E-state index in [2.05, 4.69) is 5.32 Å². The van der Waals surface area contributed by atoms with Gasteiger partial charge >= 0.3 is 0 Å². The maximum atomic E-state index is 13.8. The second-order valence-corrected chi connectivity index (χ2v) is 8.05. The van der Waals surface area contributed by atoms with Crippen LogP contribution in [-0.4, -0.2) is 51.7 Å². The summed E-state index contributed by atoms with van der Waals surface area (Å²) in [6, 6.07) is 2.94. The number of aromatic hydroxyl groups is 1. The van der Waals surface area contributed by atoms with Crippen LogP contribution >= 0.6 is 0 Å². The molecule has 1 spiro atoms. The van der Waals surface area contributed by atoms with Crippen LogP contribution in [0.5, 0.6) is 5.75 Å². The molecule has 32 heavy (non-hydrogen) atoms. The van der Waals surface area contributed by atoms with Crippen LogP contribution in [0.25, 0.3) is 0 Å². The third kappa shape index (κ3) is 3.64. The van der Waals surface area contributed by atoms with Crippen LogP contribution in [0, 0.1) is 11.6 Å². The lowest BCUT2D eigenvalue weighted by atomic mass is 9.87. The standard InChI is InChI=1S/C22H23F2N3O5/c1-2-27-21(31)17-19(29)18(28)15(10-26(17)11-22(27)6-3-7-32-12-22)20(30)25-9-13-4-5-14(23)8-16(13)24/h4-5,8,10,29H,2-3,6-7,9,11-12H2,1H3,(H,25,30)/t22-/m0/s1. The molecule has 10 heteroatoms. The van der Waals surface area contributed by atoms with Crippen LogP contribution in [0.2, 0.25) is 0 Å². The summed E-state index contributed by atoms with van der Waals surface area (Å²) in [6.45, 7) is 3.06. The van der Waals surface area contributed by atoms with Gasteiger partial charge in [-0.1, -0.05) is 6.07 Å². The number of halogens is 2. The monoisotopic (exact) mass is 447 g/mol. The number of hydrogen-bond acceptors (Lipinski definition) is 5. The molecule has 0 saturated carbocycles. The highest BCUT2D eigenvalue weighted by molar-refractivity contribution is 5.99. The highest BCUT2D eigenvalue weighted by Gasteiger charge is 2.47. The van der Waals surface area contributed by atoms with Crippen molar-refractivity contribution in [1.82, 2.24) is 14.8 Å². The first-order valence-electron chi connectivity index (χ1n) is 10.4. The van der Waals surface area contributed by atoms with Crippen molar-refractivity contribution in [3.63, 3.8) is 0 Å². The third-order valence-electron chi connectivity index (χ3n) is 6.06. The second-order valence-electron chi connectivity index (χ2n) is 8.05. The zero-order valence-electron chi connectivity index (χ0n) is 17.5. The van der Waals surface area contributed by atoms with Gasteiger partial charge in [0.15, 0.2) is 11.4 Å². The number of hydrogen-bond donors (Lipinski definition) is 2. The van der Waals surface area contributed by atoms with Crippen LogP contribution in [0.15, 0.2) is 29.2 Å². The molecule has 0 unspecified atom stereocenters. The Labute approximate surface area is 182 Å². The van der Waals surface area contributed by atoms with E-state index in [0.717, 1.165) is 12.5 Å². The molecule has 170 valence electrons. The molecule has 2 amide bonds. The number of carbonyl (C=O) groups excluding carboxylic acids is 2. The Hall–Kier alpha value is -3.27. The fraction of sp³-hybridized carbons (Fsp3) is 0.409. The van der Waals surface area contributed by atoms with Crippen molar-refractivity contribution in [2.45, 2.75) is 38.4 Å². The van der Waals surface area contributed by atoms with Gasteiger partial charge in [-0.25, -0.2) is 8.78 Å². The number of fused-ring (bicyclic) bond motifs is 1. The van der Waals surface area contributed by atoms with Crippen molar-refractivity contribution in [3.8, 4) is 5.75 Å². The number of likely N-dealkylation sites (N-methyl/N-ethyl adjacent to an activating group) is 1.